The van der Waals surface area contributed by atoms with Crippen LogP contribution >= 0.6 is 24.0 Å². The van der Waals surface area contributed by atoms with Gasteiger partial charge < -0.3 is 10.6 Å². The lowest BCUT2D eigenvalue weighted by Gasteiger charge is -2.15. The van der Waals surface area contributed by atoms with Crippen molar-refractivity contribution < 1.29 is 17.6 Å². The third-order valence-electron chi connectivity index (χ3n) is 2.41. The number of guanidine groups is 1. The van der Waals surface area contributed by atoms with Crippen molar-refractivity contribution in [3.63, 3.8) is 0 Å². The minimum absolute atomic E-state index is 0. The molecule has 0 bridgehead atoms. The number of alkyl halides is 3. The van der Waals surface area contributed by atoms with Crippen LogP contribution < -0.4 is 10.6 Å². The van der Waals surface area contributed by atoms with Gasteiger partial charge in [-0.15, -0.1) is 30.4 Å². The number of rotatable bonds is 3. The summed E-state index contributed by atoms with van der Waals surface area (Å²) in [4.78, 5) is 3.79. The number of terminal acetylenes is 1. The maximum atomic E-state index is 12.9. The van der Waals surface area contributed by atoms with Crippen molar-refractivity contribution in [1.29, 1.82) is 0 Å². The first-order valence-electron chi connectivity index (χ1n) is 5.62. The Hall–Kier alpha value is -1.50. The first-order valence-corrected chi connectivity index (χ1v) is 5.62. The molecule has 0 saturated carbocycles. The third kappa shape index (κ3) is 6.20. The van der Waals surface area contributed by atoms with Crippen molar-refractivity contribution in [2.75, 3.05) is 13.6 Å². The van der Waals surface area contributed by atoms with Crippen LogP contribution in [-0.2, 0) is 12.7 Å². The van der Waals surface area contributed by atoms with E-state index in [4.69, 9.17) is 6.42 Å². The van der Waals surface area contributed by atoms with Gasteiger partial charge in [-0.05, 0) is 17.7 Å². The van der Waals surface area contributed by atoms with Crippen molar-refractivity contribution in [1.82, 2.24) is 10.6 Å². The van der Waals surface area contributed by atoms with Gasteiger partial charge in [0, 0.05) is 13.6 Å². The standard InChI is InChI=1S/C13H13F4N3.HI/c1-3-6-19-12(18-2)20-8-9-4-5-10(14)7-11(9)13(15,16)17;/h1,4-5,7H,6,8H2,2H3,(H2,18,19,20);1H. The highest BCUT2D eigenvalue weighted by Crippen LogP contribution is 2.32. The molecule has 21 heavy (non-hydrogen) atoms. The average molecular weight is 415 g/mol. The molecule has 2 N–H and O–H groups in total. The van der Waals surface area contributed by atoms with Gasteiger partial charge in [-0.3, -0.25) is 4.99 Å². The van der Waals surface area contributed by atoms with Crippen LogP contribution in [0.15, 0.2) is 23.2 Å². The first-order chi connectivity index (χ1) is 9.38. The molecule has 0 spiro atoms. The van der Waals surface area contributed by atoms with Gasteiger partial charge in [0.15, 0.2) is 5.96 Å². The summed E-state index contributed by atoms with van der Waals surface area (Å²) in [5.74, 6) is 1.64. The Bertz CT molecular complexity index is 535. The Balaban J connectivity index is 0.00000400. The zero-order valence-corrected chi connectivity index (χ0v) is 13.4. The van der Waals surface area contributed by atoms with Gasteiger partial charge in [0.05, 0.1) is 12.1 Å². The summed E-state index contributed by atoms with van der Waals surface area (Å²) in [7, 11) is 1.46. The van der Waals surface area contributed by atoms with Crippen LogP contribution in [0.5, 0.6) is 0 Å². The molecule has 0 heterocycles. The summed E-state index contributed by atoms with van der Waals surface area (Å²) in [6, 6.07) is 2.53. The first kappa shape index (κ1) is 19.5. The van der Waals surface area contributed by atoms with Gasteiger partial charge in [-0.1, -0.05) is 12.0 Å². The number of aliphatic imine (C=N–C) groups is 1. The van der Waals surface area contributed by atoms with Crippen LogP contribution in [0.2, 0.25) is 0 Å². The number of nitrogens with one attached hydrogen (secondary N) is 2. The molecule has 1 rings (SSSR count). The molecule has 0 aliphatic rings. The van der Waals surface area contributed by atoms with E-state index in [9.17, 15) is 17.6 Å². The summed E-state index contributed by atoms with van der Waals surface area (Å²) in [6.45, 7) is 0.0363. The highest BCUT2D eigenvalue weighted by Gasteiger charge is 2.33. The van der Waals surface area contributed by atoms with Crippen LogP contribution in [0.4, 0.5) is 17.6 Å². The zero-order valence-electron chi connectivity index (χ0n) is 11.1. The molecule has 0 unspecified atom stereocenters. The lowest BCUT2D eigenvalue weighted by Crippen LogP contribution is -2.37. The van der Waals surface area contributed by atoms with Crippen LogP contribution in [0, 0.1) is 18.2 Å². The molecule has 1 aromatic carbocycles. The van der Waals surface area contributed by atoms with E-state index in [1.54, 1.807) is 0 Å². The Morgan fingerprint density at radius 3 is 2.52 bits per heavy atom. The van der Waals surface area contributed by atoms with Crippen LogP contribution in [0.3, 0.4) is 0 Å². The fraction of sp³-hybridized carbons (Fsp3) is 0.308. The van der Waals surface area contributed by atoms with E-state index in [0.29, 0.717) is 6.07 Å². The van der Waals surface area contributed by atoms with Gasteiger partial charge in [0.2, 0.25) is 0 Å². The van der Waals surface area contributed by atoms with E-state index in [1.807, 2.05) is 0 Å². The highest BCUT2D eigenvalue weighted by molar-refractivity contribution is 14.0. The van der Waals surface area contributed by atoms with Gasteiger partial charge in [-0.2, -0.15) is 13.2 Å². The Kier molecular flexibility index (Phi) is 8.09. The summed E-state index contributed by atoms with van der Waals surface area (Å²) < 4.78 is 51.2. The smallest absolute Gasteiger partial charge is 0.352 e. The molecule has 0 aliphatic carbocycles. The van der Waals surface area contributed by atoms with Gasteiger partial charge in [0.1, 0.15) is 5.82 Å². The van der Waals surface area contributed by atoms with Crippen LogP contribution in [-0.4, -0.2) is 19.6 Å². The maximum absolute atomic E-state index is 12.9. The fourth-order valence-electron chi connectivity index (χ4n) is 1.50. The van der Waals surface area contributed by atoms with Crippen molar-refractivity contribution in [3.05, 3.63) is 35.1 Å². The molecular weight excluding hydrogens is 401 g/mol. The Labute approximate surface area is 137 Å². The summed E-state index contributed by atoms with van der Waals surface area (Å²) >= 11 is 0. The number of hydrogen-bond donors (Lipinski definition) is 2. The summed E-state index contributed by atoms with van der Waals surface area (Å²) in [5.41, 5.74) is -1.10. The molecule has 116 valence electrons. The number of halogens is 5. The van der Waals surface area contributed by atoms with Gasteiger partial charge >= 0.3 is 6.18 Å². The molecule has 0 amide bonds. The molecule has 1 aromatic rings. The largest absolute Gasteiger partial charge is 0.416 e. The molecule has 0 radical (unpaired) electrons. The van der Waals surface area contributed by atoms with Crippen molar-refractivity contribution in [3.8, 4) is 12.3 Å². The minimum Gasteiger partial charge on any atom is -0.352 e. The molecule has 0 aliphatic heterocycles. The normalized spacial score (nSPS) is 11.3. The number of hydrogen-bond acceptors (Lipinski definition) is 1. The predicted octanol–water partition coefficient (Wildman–Crippen LogP) is 2.76. The molecule has 3 nitrogen and oxygen atoms in total. The minimum atomic E-state index is -4.62. The molecule has 0 aromatic heterocycles. The number of nitrogens with zero attached hydrogens (tertiary/aromatic N) is 1. The Morgan fingerprint density at radius 1 is 1.33 bits per heavy atom. The summed E-state index contributed by atoms with van der Waals surface area (Å²) in [6.07, 6.45) is 0.435. The van der Waals surface area contributed by atoms with Crippen molar-refractivity contribution in [2.24, 2.45) is 4.99 Å². The predicted molar refractivity (Wildman–Crippen MR) is 83.9 cm³/mol. The van der Waals surface area contributed by atoms with Crippen LogP contribution in [0.1, 0.15) is 11.1 Å². The second-order valence-corrected chi connectivity index (χ2v) is 3.78. The monoisotopic (exact) mass is 415 g/mol. The van der Waals surface area contributed by atoms with E-state index >= 15 is 0 Å². The second-order valence-electron chi connectivity index (χ2n) is 3.78. The van der Waals surface area contributed by atoms with E-state index in [1.165, 1.54) is 7.05 Å². The topological polar surface area (TPSA) is 36.4 Å². The SMILES string of the molecule is C#CCNC(=NC)NCc1ccc(F)cc1C(F)(F)F.I. The quantitative estimate of drug-likeness (QED) is 0.262. The Morgan fingerprint density at radius 2 is 2.00 bits per heavy atom. The lowest BCUT2D eigenvalue weighted by molar-refractivity contribution is -0.138. The van der Waals surface area contributed by atoms with Gasteiger partial charge in [-0.25, -0.2) is 4.39 Å². The van der Waals surface area contributed by atoms with E-state index < -0.39 is 17.6 Å². The molecule has 0 atom stereocenters. The van der Waals surface area contributed by atoms with E-state index in [-0.39, 0.29) is 48.6 Å². The third-order valence-corrected chi connectivity index (χ3v) is 2.41. The number of benzene rings is 1. The summed E-state index contributed by atoms with van der Waals surface area (Å²) in [5, 5.41) is 5.38. The second kappa shape index (κ2) is 8.71. The molecule has 0 fully saturated rings. The zero-order chi connectivity index (χ0) is 15.2. The molecular formula is C13H14F4IN3. The van der Waals surface area contributed by atoms with Crippen LogP contribution in [0.25, 0.3) is 0 Å². The maximum Gasteiger partial charge on any atom is 0.416 e. The lowest BCUT2D eigenvalue weighted by atomic mass is 10.1. The van der Waals surface area contributed by atoms with Crippen molar-refractivity contribution >= 4 is 29.9 Å². The molecule has 8 heteroatoms. The average Bonchev–Trinajstić information content (AvgIpc) is 2.39. The molecule has 0 saturated heterocycles. The van der Waals surface area contributed by atoms with Crippen molar-refractivity contribution in [2.45, 2.75) is 12.7 Å². The van der Waals surface area contributed by atoms with E-state index in [0.717, 1.165) is 12.1 Å². The van der Waals surface area contributed by atoms with Gasteiger partial charge in [0.25, 0.3) is 0 Å². The van der Waals surface area contributed by atoms with E-state index in [2.05, 4.69) is 21.5 Å². The fourth-order valence-corrected chi connectivity index (χ4v) is 1.50. The highest BCUT2D eigenvalue weighted by atomic mass is 127.